The first-order chi connectivity index (χ1) is 7.72. The second kappa shape index (κ2) is 4.76. The van der Waals surface area contributed by atoms with Gasteiger partial charge in [0.25, 0.3) is 0 Å². The maximum absolute atomic E-state index is 5.54. The van der Waals surface area contributed by atoms with E-state index < -0.39 is 0 Å². The number of hydrogen-bond donors (Lipinski definition) is 1. The summed E-state index contributed by atoms with van der Waals surface area (Å²) in [6.45, 7) is 2.56. The molecule has 2 heterocycles. The SMILES string of the molecule is Cc1nc(-n2ccnc2CCN)ccc1Br. The van der Waals surface area contributed by atoms with Gasteiger partial charge in [0.2, 0.25) is 0 Å². The summed E-state index contributed by atoms with van der Waals surface area (Å²) in [5.74, 6) is 1.82. The van der Waals surface area contributed by atoms with Gasteiger partial charge in [0.1, 0.15) is 11.6 Å². The predicted molar refractivity (Wildman–Crippen MR) is 66.6 cm³/mol. The smallest absolute Gasteiger partial charge is 0.138 e. The molecule has 2 aromatic heterocycles. The zero-order valence-electron chi connectivity index (χ0n) is 9.02. The van der Waals surface area contributed by atoms with Crippen LogP contribution in [0.25, 0.3) is 5.82 Å². The maximum Gasteiger partial charge on any atom is 0.138 e. The first-order valence-electron chi connectivity index (χ1n) is 5.08. The van der Waals surface area contributed by atoms with E-state index in [2.05, 4.69) is 25.9 Å². The lowest BCUT2D eigenvalue weighted by atomic mass is 10.3. The van der Waals surface area contributed by atoms with Crippen molar-refractivity contribution in [3.05, 3.63) is 40.5 Å². The summed E-state index contributed by atoms with van der Waals surface area (Å²) in [5.41, 5.74) is 6.50. The van der Waals surface area contributed by atoms with Crippen molar-refractivity contribution < 1.29 is 0 Å². The molecular formula is C11H13BrN4. The standard InChI is InChI=1S/C11H13BrN4/c1-8-9(12)2-3-11(15-8)16-7-6-14-10(16)4-5-13/h2-3,6-7H,4-5,13H2,1H3. The third kappa shape index (κ3) is 2.15. The maximum atomic E-state index is 5.54. The van der Waals surface area contributed by atoms with Crippen LogP contribution in [0, 0.1) is 6.92 Å². The Hall–Kier alpha value is -1.20. The zero-order valence-corrected chi connectivity index (χ0v) is 10.6. The van der Waals surface area contributed by atoms with E-state index >= 15 is 0 Å². The van der Waals surface area contributed by atoms with Crippen LogP contribution in [0.5, 0.6) is 0 Å². The van der Waals surface area contributed by atoms with Gasteiger partial charge in [-0.25, -0.2) is 9.97 Å². The molecule has 0 saturated carbocycles. The second-order valence-corrected chi connectivity index (χ2v) is 4.34. The highest BCUT2D eigenvalue weighted by Crippen LogP contribution is 2.16. The highest BCUT2D eigenvalue weighted by atomic mass is 79.9. The first-order valence-corrected chi connectivity index (χ1v) is 5.87. The van der Waals surface area contributed by atoms with Crippen molar-refractivity contribution in [3.8, 4) is 5.82 Å². The highest BCUT2D eigenvalue weighted by Gasteiger charge is 2.06. The Balaban J connectivity index is 2.42. The zero-order chi connectivity index (χ0) is 11.5. The summed E-state index contributed by atoms with van der Waals surface area (Å²) >= 11 is 3.43. The van der Waals surface area contributed by atoms with Crippen LogP contribution < -0.4 is 5.73 Å². The van der Waals surface area contributed by atoms with Crippen LogP contribution >= 0.6 is 15.9 Å². The summed E-state index contributed by atoms with van der Waals surface area (Å²) in [5, 5.41) is 0. The Kier molecular flexibility index (Phi) is 3.36. The molecule has 84 valence electrons. The molecular weight excluding hydrogens is 268 g/mol. The average Bonchev–Trinajstić information content (AvgIpc) is 2.71. The molecule has 0 spiro atoms. The fourth-order valence-electron chi connectivity index (χ4n) is 1.52. The summed E-state index contributed by atoms with van der Waals surface area (Å²) in [7, 11) is 0. The van der Waals surface area contributed by atoms with Gasteiger partial charge in [0, 0.05) is 23.3 Å². The van der Waals surface area contributed by atoms with Gasteiger partial charge in [0.15, 0.2) is 0 Å². The van der Waals surface area contributed by atoms with Crippen LogP contribution in [-0.2, 0) is 6.42 Å². The van der Waals surface area contributed by atoms with E-state index in [0.29, 0.717) is 6.54 Å². The van der Waals surface area contributed by atoms with Crippen molar-refractivity contribution >= 4 is 15.9 Å². The number of imidazole rings is 1. The molecule has 2 rings (SSSR count). The van der Waals surface area contributed by atoms with E-state index in [1.807, 2.05) is 29.8 Å². The Morgan fingerprint density at radius 3 is 2.94 bits per heavy atom. The van der Waals surface area contributed by atoms with Crippen LogP contribution in [0.1, 0.15) is 11.5 Å². The molecule has 16 heavy (non-hydrogen) atoms. The molecule has 0 aliphatic carbocycles. The normalized spacial score (nSPS) is 10.7. The minimum absolute atomic E-state index is 0.590. The molecule has 0 amide bonds. The van der Waals surface area contributed by atoms with Gasteiger partial charge in [0.05, 0.1) is 5.69 Å². The third-order valence-electron chi connectivity index (χ3n) is 2.34. The molecule has 5 heteroatoms. The Labute approximate surface area is 103 Å². The lowest BCUT2D eigenvalue weighted by Crippen LogP contribution is -2.09. The molecule has 0 radical (unpaired) electrons. The van der Waals surface area contributed by atoms with Crippen LogP contribution in [0.4, 0.5) is 0 Å². The Bertz CT molecular complexity index is 492. The number of hydrogen-bond acceptors (Lipinski definition) is 3. The molecule has 0 saturated heterocycles. The van der Waals surface area contributed by atoms with E-state index in [9.17, 15) is 0 Å². The minimum atomic E-state index is 0.590. The summed E-state index contributed by atoms with van der Waals surface area (Å²) < 4.78 is 2.98. The number of halogens is 1. The van der Waals surface area contributed by atoms with Crippen molar-refractivity contribution in [3.63, 3.8) is 0 Å². The van der Waals surface area contributed by atoms with Gasteiger partial charge in [-0.05, 0) is 41.5 Å². The van der Waals surface area contributed by atoms with Gasteiger partial charge < -0.3 is 5.73 Å². The van der Waals surface area contributed by atoms with Crippen molar-refractivity contribution in [2.24, 2.45) is 5.73 Å². The number of pyridine rings is 1. The quantitative estimate of drug-likeness (QED) is 0.934. The van der Waals surface area contributed by atoms with E-state index in [1.54, 1.807) is 6.20 Å². The van der Waals surface area contributed by atoms with Crippen LogP contribution in [0.15, 0.2) is 29.0 Å². The average molecular weight is 281 g/mol. The molecule has 0 aromatic carbocycles. The topological polar surface area (TPSA) is 56.7 Å². The number of rotatable bonds is 3. The number of nitrogens with two attached hydrogens (primary N) is 1. The fourth-order valence-corrected chi connectivity index (χ4v) is 1.74. The van der Waals surface area contributed by atoms with Crippen molar-refractivity contribution in [2.45, 2.75) is 13.3 Å². The molecule has 0 atom stereocenters. The largest absolute Gasteiger partial charge is 0.330 e. The molecule has 2 aromatic rings. The number of aromatic nitrogens is 3. The number of nitrogens with zero attached hydrogens (tertiary/aromatic N) is 3. The van der Waals surface area contributed by atoms with Gasteiger partial charge >= 0.3 is 0 Å². The monoisotopic (exact) mass is 280 g/mol. The molecule has 0 aliphatic heterocycles. The Morgan fingerprint density at radius 1 is 1.44 bits per heavy atom. The minimum Gasteiger partial charge on any atom is -0.330 e. The van der Waals surface area contributed by atoms with Crippen LogP contribution in [0.3, 0.4) is 0 Å². The Morgan fingerprint density at radius 2 is 2.25 bits per heavy atom. The highest BCUT2D eigenvalue weighted by molar-refractivity contribution is 9.10. The second-order valence-electron chi connectivity index (χ2n) is 3.49. The van der Waals surface area contributed by atoms with Gasteiger partial charge in [-0.15, -0.1) is 0 Å². The fraction of sp³-hybridized carbons (Fsp3) is 0.273. The van der Waals surface area contributed by atoms with Crippen LogP contribution in [0.2, 0.25) is 0 Å². The molecule has 0 fully saturated rings. The van der Waals surface area contributed by atoms with E-state index in [-0.39, 0.29) is 0 Å². The molecule has 0 unspecified atom stereocenters. The van der Waals surface area contributed by atoms with E-state index in [1.165, 1.54) is 0 Å². The molecule has 0 bridgehead atoms. The van der Waals surface area contributed by atoms with Gasteiger partial charge in [-0.2, -0.15) is 0 Å². The molecule has 0 aliphatic rings. The summed E-state index contributed by atoms with van der Waals surface area (Å²) in [6, 6.07) is 3.95. The molecule has 4 nitrogen and oxygen atoms in total. The first kappa shape index (κ1) is 11.3. The van der Waals surface area contributed by atoms with Crippen molar-refractivity contribution in [1.82, 2.24) is 14.5 Å². The third-order valence-corrected chi connectivity index (χ3v) is 3.18. The van der Waals surface area contributed by atoms with Gasteiger partial charge in [-0.3, -0.25) is 4.57 Å². The predicted octanol–water partition coefficient (Wildman–Crippen LogP) is 1.84. The van der Waals surface area contributed by atoms with E-state index in [4.69, 9.17) is 5.73 Å². The summed E-state index contributed by atoms with van der Waals surface area (Å²) in [4.78, 5) is 8.76. The number of aryl methyl sites for hydroxylation is 1. The van der Waals surface area contributed by atoms with Gasteiger partial charge in [-0.1, -0.05) is 0 Å². The lowest BCUT2D eigenvalue weighted by Gasteiger charge is -2.07. The van der Waals surface area contributed by atoms with Crippen molar-refractivity contribution in [2.75, 3.05) is 6.54 Å². The summed E-state index contributed by atoms with van der Waals surface area (Å²) in [6.07, 6.45) is 4.43. The van der Waals surface area contributed by atoms with Crippen LogP contribution in [-0.4, -0.2) is 21.1 Å². The molecule has 2 N–H and O–H groups in total. The van der Waals surface area contributed by atoms with E-state index in [0.717, 1.165) is 28.2 Å². The lowest BCUT2D eigenvalue weighted by molar-refractivity contribution is 0.820. The van der Waals surface area contributed by atoms with Crippen molar-refractivity contribution in [1.29, 1.82) is 0 Å².